The molecule has 0 radical (unpaired) electrons. The van der Waals surface area contributed by atoms with E-state index >= 15 is 0 Å². The molecule has 2 rings (SSSR count). The van der Waals surface area contributed by atoms with Gasteiger partial charge in [0, 0.05) is 52.4 Å². The highest BCUT2D eigenvalue weighted by Gasteiger charge is 2.15. The summed E-state index contributed by atoms with van der Waals surface area (Å²) in [5.41, 5.74) is 5.50. The molecule has 218 valence electrons. The van der Waals surface area contributed by atoms with Crippen LogP contribution in [0.25, 0.3) is 0 Å². The molecule has 6 nitrogen and oxygen atoms in total. The lowest BCUT2D eigenvalue weighted by Gasteiger charge is -2.34. The van der Waals surface area contributed by atoms with Crippen molar-refractivity contribution in [1.29, 1.82) is 0 Å². The molecular formula is C30H68N6. The minimum atomic E-state index is 0.829. The van der Waals surface area contributed by atoms with Crippen LogP contribution in [0.15, 0.2) is 0 Å². The third-order valence-corrected chi connectivity index (χ3v) is 7.39. The van der Waals surface area contributed by atoms with Crippen LogP contribution >= 0.6 is 0 Å². The van der Waals surface area contributed by atoms with Crippen molar-refractivity contribution in [3.05, 3.63) is 0 Å². The fraction of sp³-hybridized carbons (Fsp3) is 1.00. The molecule has 6 heteroatoms. The first-order valence-corrected chi connectivity index (χ1v) is 15.7. The van der Waals surface area contributed by atoms with Gasteiger partial charge < -0.3 is 30.2 Å². The minimum Gasteiger partial charge on any atom is -0.330 e. The first-order valence-electron chi connectivity index (χ1n) is 15.7. The quantitative estimate of drug-likeness (QED) is 0.303. The van der Waals surface area contributed by atoms with Gasteiger partial charge in [0.1, 0.15) is 0 Å². The maximum absolute atomic E-state index is 5.50. The van der Waals surface area contributed by atoms with Gasteiger partial charge in [0.25, 0.3) is 0 Å². The lowest BCUT2D eigenvalue weighted by Crippen LogP contribution is -2.46. The van der Waals surface area contributed by atoms with E-state index in [4.69, 9.17) is 5.73 Å². The zero-order valence-corrected chi connectivity index (χ0v) is 25.8. The molecule has 0 amide bonds. The van der Waals surface area contributed by atoms with Crippen LogP contribution in [0.2, 0.25) is 0 Å². The standard InChI is InChI=1S/C11H25N3.C11H25N.C8H18N2/c1-2-3-6-13-8-10-14(11-9-13)7-4-5-12;1-4-6-8-10-12(3)11-9-7-5-2;1-3-4-10-7-5-9(2)6-8-10/h2-12H2,1H3;4-11H2,1-3H3;3-8H2,1-2H3. The van der Waals surface area contributed by atoms with Crippen molar-refractivity contribution in [1.82, 2.24) is 24.5 Å². The van der Waals surface area contributed by atoms with Crippen molar-refractivity contribution in [2.75, 3.05) is 106 Å². The fourth-order valence-electron chi connectivity index (χ4n) is 4.70. The number of nitrogens with two attached hydrogens (primary N) is 1. The van der Waals surface area contributed by atoms with Crippen LogP contribution in [0, 0.1) is 0 Å². The Hall–Kier alpha value is -0.240. The first-order chi connectivity index (χ1) is 17.5. The lowest BCUT2D eigenvalue weighted by atomic mass is 10.2. The summed E-state index contributed by atoms with van der Waals surface area (Å²) in [6.07, 6.45) is 13.3. The Kier molecular flexibility index (Phi) is 26.2. The summed E-state index contributed by atoms with van der Waals surface area (Å²) in [5, 5.41) is 0. The first kappa shape index (κ1) is 35.8. The van der Waals surface area contributed by atoms with E-state index in [0.29, 0.717) is 0 Å². The Morgan fingerprint density at radius 2 is 0.944 bits per heavy atom. The van der Waals surface area contributed by atoms with Crippen molar-refractivity contribution < 1.29 is 0 Å². The molecule has 0 saturated carbocycles. The molecule has 2 aliphatic heterocycles. The molecule has 0 bridgehead atoms. The van der Waals surface area contributed by atoms with Gasteiger partial charge in [-0.1, -0.05) is 59.8 Å². The summed E-state index contributed by atoms with van der Waals surface area (Å²) in [6, 6.07) is 0. The molecule has 0 atom stereocenters. The molecule has 2 fully saturated rings. The number of unbranched alkanes of at least 4 members (excludes halogenated alkanes) is 5. The van der Waals surface area contributed by atoms with Gasteiger partial charge in [0.05, 0.1) is 0 Å². The Balaban J connectivity index is 0.000000518. The highest BCUT2D eigenvalue weighted by Crippen LogP contribution is 2.04. The lowest BCUT2D eigenvalue weighted by molar-refractivity contribution is 0.131. The van der Waals surface area contributed by atoms with Gasteiger partial charge in [-0.2, -0.15) is 0 Å². The Bertz CT molecular complexity index is 394. The van der Waals surface area contributed by atoms with Gasteiger partial charge in [0.2, 0.25) is 0 Å². The number of hydrogen-bond donors (Lipinski definition) is 1. The summed E-state index contributed by atoms with van der Waals surface area (Å²) in [7, 11) is 4.44. The second-order valence-electron chi connectivity index (χ2n) is 11.0. The second kappa shape index (κ2) is 26.4. The van der Waals surface area contributed by atoms with Gasteiger partial charge >= 0.3 is 0 Å². The largest absolute Gasteiger partial charge is 0.330 e. The molecule has 0 aromatic heterocycles. The topological polar surface area (TPSA) is 42.2 Å². The average molecular weight is 513 g/mol. The van der Waals surface area contributed by atoms with Gasteiger partial charge in [-0.05, 0) is 85.5 Å². The van der Waals surface area contributed by atoms with Gasteiger partial charge in [-0.25, -0.2) is 0 Å². The van der Waals surface area contributed by atoms with Crippen LogP contribution < -0.4 is 5.73 Å². The van der Waals surface area contributed by atoms with Crippen molar-refractivity contribution >= 4 is 0 Å². The molecule has 0 aromatic carbocycles. The van der Waals surface area contributed by atoms with Crippen LogP contribution in [-0.2, 0) is 0 Å². The zero-order chi connectivity index (χ0) is 26.9. The van der Waals surface area contributed by atoms with Gasteiger partial charge in [-0.3, -0.25) is 0 Å². The summed E-state index contributed by atoms with van der Waals surface area (Å²) in [5.74, 6) is 0. The highest BCUT2D eigenvalue weighted by atomic mass is 15.3. The van der Waals surface area contributed by atoms with Crippen molar-refractivity contribution in [3.8, 4) is 0 Å². The fourth-order valence-corrected chi connectivity index (χ4v) is 4.70. The second-order valence-corrected chi connectivity index (χ2v) is 11.0. The Labute approximate surface area is 227 Å². The van der Waals surface area contributed by atoms with Crippen LogP contribution in [0.5, 0.6) is 0 Å². The SMILES string of the molecule is CCCCCN(C)CCCCC.CCCCN1CCN(CCCN)CC1.CCCN1CCN(C)CC1. The van der Waals surface area contributed by atoms with E-state index in [1.807, 2.05) is 0 Å². The Morgan fingerprint density at radius 3 is 1.36 bits per heavy atom. The van der Waals surface area contributed by atoms with Crippen LogP contribution in [0.1, 0.15) is 91.9 Å². The predicted molar refractivity (Wildman–Crippen MR) is 162 cm³/mol. The number of nitrogens with zero attached hydrogens (tertiary/aromatic N) is 5. The van der Waals surface area contributed by atoms with E-state index in [1.54, 1.807) is 0 Å². The van der Waals surface area contributed by atoms with Crippen LogP contribution in [0.3, 0.4) is 0 Å². The molecule has 0 spiro atoms. The number of piperazine rings is 2. The third-order valence-electron chi connectivity index (χ3n) is 7.39. The molecular weight excluding hydrogens is 444 g/mol. The third kappa shape index (κ3) is 21.8. The summed E-state index contributed by atoms with van der Waals surface area (Å²) < 4.78 is 0. The smallest absolute Gasteiger partial charge is 0.0110 e. The molecule has 2 heterocycles. The molecule has 0 aromatic rings. The summed E-state index contributed by atoms with van der Waals surface area (Å²) >= 11 is 0. The molecule has 0 aliphatic carbocycles. The maximum atomic E-state index is 5.50. The van der Waals surface area contributed by atoms with E-state index in [1.165, 1.54) is 143 Å². The van der Waals surface area contributed by atoms with E-state index < -0.39 is 0 Å². The number of hydrogen-bond acceptors (Lipinski definition) is 6. The number of rotatable bonds is 16. The van der Waals surface area contributed by atoms with Crippen LogP contribution in [-0.4, -0.2) is 130 Å². The normalized spacial score (nSPS) is 18.0. The van der Waals surface area contributed by atoms with E-state index in [-0.39, 0.29) is 0 Å². The summed E-state index contributed by atoms with van der Waals surface area (Å²) in [6.45, 7) is 26.2. The van der Waals surface area contributed by atoms with Crippen molar-refractivity contribution in [2.45, 2.75) is 91.9 Å². The van der Waals surface area contributed by atoms with Gasteiger partial charge in [0.15, 0.2) is 0 Å². The van der Waals surface area contributed by atoms with E-state index in [0.717, 1.165) is 13.0 Å². The number of likely N-dealkylation sites (N-methyl/N-ethyl adjacent to an activating group) is 1. The Morgan fingerprint density at radius 1 is 0.528 bits per heavy atom. The maximum Gasteiger partial charge on any atom is 0.0110 e. The van der Waals surface area contributed by atoms with E-state index in [9.17, 15) is 0 Å². The average Bonchev–Trinajstić information content (AvgIpc) is 2.89. The predicted octanol–water partition coefficient (Wildman–Crippen LogP) is 4.70. The monoisotopic (exact) mass is 513 g/mol. The molecule has 2 saturated heterocycles. The molecule has 2 aliphatic rings. The zero-order valence-electron chi connectivity index (χ0n) is 25.8. The molecule has 2 N–H and O–H groups in total. The van der Waals surface area contributed by atoms with E-state index in [2.05, 4.69) is 66.3 Å². The van der Waals surface area contributed by atoms with Gasteiger partial charge in [-0.15, -0.1) is 0 Å². The minimum absolute atomic E-state index is 0.829. The van der Waals surface area contributed by atoms with Crippen LogP contribution in [0.4, 0.5) is 0 Å². The van der Waals surface area contributed by atoms with Crippen molar-refractivity contribution in [3.63, 3.8) is 0 Å². The summed E-state index contributed by atoms with van der Waals surface area (Å²) in [4.78, 5) is 12.5. The molecule has 36 heavy (non-hydrogen) atoms. The molecule has 0 unspecified atom stereocenters. The highest BCUT2D eigenvalue weighted by molar-refractivity contribution is 4.71. The van der Waals surface area contributed by atoms with Crippen molar-refractivity contribution in [2.24, 2.45) is 5.73 Å².